The molecule has 8 nitrogen and oxygen atoms in total. The maximum absolute atomic E-state index is 11.7. The molecule has 0 unspecified atom stereocenters. The highest BCUT2D eigenvalue weighted by atomic mass is 28.4. The summed E-state index contributed by atoms with van der Waals surface area (Å²) in [6.45, 7) is 24.4. The summed E-state index contributed by atoms with van der Waals surface area (Å²) in [7, 11) is -2.16. The van der Waals surface area contributed by atoms with Gasteiger partial charge in [0, 0.05) is 36.5 Å². The molecule has 6 rings (SSSR count). The van der Waals surface area contributed by atoms with Crippen molar-refractivity contribution in [3.8, 4) is 17.2 Å². The zero-order valence-corrected chi connectivity index (χ0v) is 43.7. The zero-order valence-electron chi connectivity index (χ0n) is 42.7. The Labute approximate surface area is 414 Å². The number of benzene rings is 6. The normalized spacial score (nSPS) is 12.8. The second-order valence-corrected chi connectivity index (χ2v) is 24.9. The summed E-state index contributed by atoms with van der Waals surface area (Å²) in [5.41, 5.74) is 8.80. The third-order valence-corrected chi connectivity index (χ3v) is 18.0. The Morgan fingerprint density at radius 1 is 0.623 bits per heavy atom. The number of nitrogens with one attached hydrogen (secondary N) is 2. The van der Waals surface area contributed by atoms with Gasteiger partial charge in [0.05, 0.1) is 18.4 Å². The average Bonchev–Trinajstić information content (AvgIpc) is 3.34. The van der Waals surface area contributed by atoms with Crippen molar-refractivity contribution in [1.82, 2.24) is 10.2 Å². The van der Waals surface area contributed by atoms with E-state index in [1.54, 1.807) is 0 Å². The number of nitrogens with zero attached hydrogens (tertiary/aromatic N) is 1. The monoisotopic (exact) mass is 948 g/mol. The smallest absolute Gasteiger partial charge is 0.211 e. The summed E-state index contributed by atoms with van der Waals surface area (Å²) in [6.07, 6.45) is 3.10. The molecule has 6 aromatic rings. The molecule has 6 aromatic carbocycles. The lowest BCUT2D eigenvalue weighted by atomic mass is 9.86. The lowest BCUT2D eigenvalue weighted by Gasteiger charge is -2.39. The fourth-order valence-electron chi connectivity index (χ4n) is 8.52. The van der Waals surface area contributed by atoms with Crippen molar-refractivity contribution in [2.75, 3.05) is 31.6 Å². The van der Waals surface area contributed by atoms with Crippen molar-refractivity contribution in [2.24, 2.45) is 0 Å². The van der Waals surface area contributed by atoms with Gasteiger partial charge in [-0.2, -0.15) is 0 Å². The molecule has 0 bridgehead atoms. The van der Waals surface area contributed by atoms with E-state index in [2.05, 4.69) is 180 Å². The molecule has 2 N–H and O–H groups in total. The van der Waals surface area contributed by atoms with Crippen molar-refractivity contribution < 1.29 is 23.4 Å². The van der Waals surface area contributed by atoms with Crippen LogP contribution >= 0.6 is 0 Å². The molecule has 0 radical (unpaired) electrons. The fraction of sp³-hybridized carbons (Fsp3) is 0.383. The van der Waals surface area contributed by atoms with E-state index < -0.39 is 8.32 Å². The molecule has 0 aromatic heterocycles. The van der Waals surface area contributed by atoms with E-state index in [9.17, 15) is 4.79 Å². The first kappa shape index (κ1) is 52.7. The van der Waals surface area contributed by atoms with Crippen molar-refractivity contribution >= 4 is 20.4 Å². The molecule has 9 heteroatoms. The van der Waals surface area contributed by atoms with Gasteiger partial charge in [-0.25, -0.2) is 0 Å². The topological polar surface area (TPSA) is 81.3 Å². The van der Waals surface area contributed by atoms with Gasteiger partial charge in [0.2, 0.25) is 6.41 Å². The quantitative estimate of drug-likeness (QED) is 0.0302. The number of ether oxygens (including phenoxy) is 3. The summed E-state index contributed by atoms with van der Waals surface area (Å²) in [5, 5.41) is 6.57. The largest absolute Gasteiger partial charge is 0.493 e. The van der Waals surface area contributed by atoms with Crippen LogP contribution in [-0.2, 0) is 35.3 Å². The highest BCUT2D eigenvalue weighted by Gasteiger charge is 2.39. The maximum Gasteiger partial charge on any atom is 0.211 e. The SMILES string of the molecule is CC(C)N(CC[C@H](c1ccccc1)c1cc(CCOc2ccc(CCNC[C@H](O[Si](C)(C)C(C)(C)C)c3ccc(OCc4ccccc4)c(NC=O)c3)cc2)ccc1OCc1ccccc1)C(C)C. The maximum atomic E-state index is 11.7. The molecule has 69 heavy (non-hydrogen) atoms. The van der Waals surface area contributed by atoms with E-state index in [4.69, 9.17) is 18.6 Å². The van der Waals surface area contributed by atoms with Crippen molar-refractivity contribution in [1.29, 1.82) is 0 Å². The second-order valence-electron chi connectivity index (χ2n) is 20.2. The number of anilines is 1. The minimum Gasteiger partial charge on any atom is -0.493 e. The Balaban J connectivity index is 1.08. The van der Waals surface area contributed by atoms with Crippen LogP contribution in [0.25, 0.3) is 0 Å². The molecule has 0 aliphatic heterocycles. The van der Waals surface area contributed by atoms with Crippen LogP contribution in [0, 0.1) is 0 Å². The molecule has 0 spiro atoms. The highest BCUT2D eigenvalue weighted by molar-refractivity contribution is 6.74. The van der Waals surface area contributed by atoms with Crippen LogP contribution in [-0.4, -0.2) is 58.0 Å². The third kappa shape index (κ3) is 15.9. The van der Waals surface area contributed by atoms with Crippen LogP contribution in [0.5, 0.6) is 17.2 Å². The van der Waals surface area contributed by atoms with Gasteiger partial charge in [0.1, 0.15) is 30.5 Å². The second kappa shape index (κ2) is 25.8. The third-order valence-electron chi connectivity index (χ3n) is 13.5. The summed E-state index contributed by atoms with van der Waals surface area (Å²) in [6, 6.07) is 53.4. The first-order valence-corrected chi connectivity index (χ1v) is 27.8. The van der Waals surface area contributed by atoms with Crippen LogP contribution in [0.3, 0.4) is 0 Å². The van der Waals surface area contributed by atoms with Crippen LogP contribution in [0.2, 0.25) is 18.1 Å². The lowest BCUT2D eigenvalue weighted by molar-refractivity contribution is -0.105. The number of carbonyl (C=O) groups excluding carboxylic acids is 1. The van der Waals surface area contributed by atoms with E-state index in [-0.39, 0.29) is 17.1 Å². The first-order valence-electron chi connectivity index (χ1n) is 24.9. The summed E-state index contributed by atoms with van der Waals surface area (Å²) >= 11 is 0. The van der Waals surface area contributed by atoms with Crippen molar-refractivity contribution in [2.45, 2.75) is 123 Å². The number of hydrogen-bond acceptors (Lipinski definition) is 7. The van der Waals surface area contributed by atoms with Gasteiger partial charge in [-0.05, 0) is 135 Å². The minimum absolute atomic E-state index is 0.0251. The molecular formula is C60H77N3O5Si. The molecule has 1 amide bonds. The standard InChI is InChI=1S/C60H77N3O5Si/c1-45(2)63(46(3)4)37-34-54(51-23-17-12-18-24-51)55-39-48(27-31-57(55)66-42-49-19-13-10-14-20-49)35-38-65-53-29-25-47(26-30-53)33-36-61-41-59(68-69(8,9)60(5,6)7)52-28-32-58(56(40-52)62-44-64)67-43-50-21-15-11-16-22-50/h10-32,39-40,44-46,54,59,61H,33-38,41-43H2,1-9H3,(H,62,64)/t54-,59+/m1/s1. The molecular weight excluding hydrogens is 871 g/mol. The summed E-state index contributed by atoms with van der Waals surface area (Å²) in [4.78, 5) is 14.3. The van der Waals surface area contributed by atoms with Gasteiger partial charge in [-0.3, -0.25) is 9.69 Å². The van der Waals surface area contributed by atoms with Gasteiger partial charge < -0.3 is 29.3 Å². The van der Waals surface area contributed by atoms with Gasteiger partial charge in [0.25, 0.3) is 0 Å². The molecule has 0 fully saturated rings. The molecule has 0 saturated carbocycles. The molecule has 2 atom stereocenters. The van der Waals surface area contributed by atoms with Crippen molar-refractivity contribution in [3.05, 3.63) is 191 Å². The highest BCUT2D eigenvalue weighted by Crippen LogP contribution is 2.41. The van der Waals surface area contributed by atoms with Gasteiger partial charge in [-0.1, -0.05) is 142 Å². The number of hydrogen-bond donors (Lipinski definition) is 2. The van der Waals surface area contributed by atoms with Crippen LogP contribution < -0.4 is 24.8 Å². The van der Waals surface area contributed by atoms with E-state index in [0.717, 1.165) is 60.5 Å². The Hall–Kier alpha value is -5.71. The van der Waals surface area contributed by atoms with Gasteiger partial charge in [-0.15, -0.1) is 0 Å². The molecule has 0 heterocycles. The van der Waals surface area contributed by atoms with Crippen LogP contribution in [0.15, 0.2) is 152 Å². The number of amides is 1. The Morgan fingerprint density at radius 2 is 1.20 bits per heavy atom. The van der Waals surface area contributed by atoms with E-state index in [1.165, 1.54) is 22.3 Å². The predicted octanol–water partition coefficient (Wildman–Crippen LogP) is 13.6. The summed E-state index contributed by atoms with van der Waals surface area (Å²) < 4.78 is 26.2. The van der Waals surface area contributed by atoms with E-state index >= 15 is 0 Å². The lowest BCUT2D eigenvalue weighted by Crippen LogP contribution is -2.43. The van der Waals surface area contributed by atoms with E-state index in [1.807, 2.05) is 48.5 Å². The summed E-state index contributed by atoms with van der Waals surface area (Å²) in [5.74, 6) is 2.58. The number of carbonyl (C=O) groups is 1. The Bertz CT molecular complexity index is 2430. The van der Waals surface area contributed by atoms with E-state index in [0.29, 0.717) is 56.3 Å². The predicted molar refractivity (Wildman–Crippen MR) is 287 cm³/mol. The fourth-order valence-corrected chi connectivity index (χ4v) is 9.80. The number of rotatable bonds is 27. The van der Waals surface area contributed by atoms with Gasteiger partial charge in [0.15, 0.2) is 8.32 Å². The Kier molecular flexibility index (Phi) is 19.7. The Morgan fingerprint density at radius 3 is 1.80 bits per heavy atom. The zero-order chi connectivity index (χ0) is 49.2. The average molecular weight is 948 g/mol. The van der Waals surface area contributed by atoms with Gasteiger partial charge >= 0.3 is 0 Å². The molecule has 0 aliphatic rings. The first-order chi connectivity index (χ1) is 33.2. The van der Waals surface area contributed by atoms with Crippen LogP contribution in [0.1, 0.15) is 106 Å². The molecule has 0 saturated heterocycles. The van der Waals surface area contributed by atoms with Crippen molar-refractivity contribution in [3.63, 3.8) is 0 Å². The minimum atomic E-state index is -2.16. The van der Waals surface area contributed by atoms with Crippen LogP contribution in [0.4, 0.5) is 5.69 Å². The molecule has 366 valence electrons. The molecule has 0 aliphatic carbocycles.